The number of nitrogens with zero attached hydrogens (tertiary/aromatic N) is 1. The van der Waals surface area contributed by atoms with Gasteiger partial charge in [0.1, 0.15) is 0 Å². The summed E-state index contributed by atoms with van der Waals surface area (Å²) in [5, 5.41) is 0. The van der Waals surface area contributed by atoms with E-state index in [1.807, 2.05) is 0 Å². The number of rotatable bonds is 16. The zero-order valence-electron chi connectivity index (χ0n) is 16.5. The van der Waals surface area contributed by atoms with Gasteiger partial charge in [0.05, 0.1) is 0 Å². The van der Waals surface area contributed by atoms with Crippen LogP contribution in [0, 0.1) is 5.92 Å². The zero-order chi connectivity index (χ0) is 16.6. The molecule has 1 heteroatoms. The predicted octanol–water partition coefficient (Wildman–Crippen LogP) is 7.05. The van der Waals surface area contributed by atoms with Crippen molar-refractivity contribution in [3.63, 3.8) is 0 Å². The van der Waals surface area contributed by atoms with Crippen molar-refractivity contribution in [3.05, 3.63) is 0 Å². The van der Waals surface area contributed by atoms with Gasteiger partial charge in [0.15, 0.2) is 0 Å². The Hall–Kier alpha value is -0.0400. The highest BCUT2D eigenvalue weighted by Crippen LogP contribution is 2.17. The van der Waals surface area contributed by atoms with Gasteiger partial charge in [-0.15, -0.1) is 0 Å². The minimum absolute atomic E-state index is 0.820. The molecular formula is C21H45N. The lowest BCUT2D eigenvalue weighted by molar-refractivity contribution is 0.251. The fourth-order valence-corrected chi connectivity index (χ4v) is 3.28. The van der Waals surface area contributed by atoms with Crippen LogP contribution in [0.2, 0.25) is 0 Å². The number of hydrogen-bond donors (Lipinski definition) is 0. The maximum Gasteiger partial charge on any atom is 0.00891 e. The summed E-state index contributed by atoms with van der Waals surface area (Å²) >= 11 is 0. The van der Waals surface area contributed by atoms with Gasteiger partial charge in [-0.05, 0) is 32.9 Å². The molecule has 0 aliphatic rings. The topological polar surface area (TPSA) is 3.24 Å². The molecule has 0 aromatic rings. The summed E-state index contributed by atoms with van der Waals surface area (Å²) in [7, 11) is 4.54. The van der Waals surface area contributed by atoms with Crippen molar-refractivity contribution < 1.29 is 0 Å². The molecule has 0 amide bonds. The van der Waals surface area contributed by atoms with E-state index in [9.17, 15) is 0 Å². The summed E-state index contributed by atoms with van der Waals surface area (Å²) in [6, 6.07) is 0.820. The molecule has 0 rings (SSSR count). The summed E-state index contributed by atoms with van der Waals surface area (Å²) < 4.78 is 0. The molecular weight excluding hydrogens is 266 g/mol. The second kappa shape index (κ2) is 15.8. The predicted molar refractivity (Wildman–Crippen MR) is 103 cm³/mol. The maximum absolute atomic E-state index is 2.46. The van der Waals surface area contributed by atoms with Gasteiger partial charge >= 0.3 is 0 Å². The van der Waals surface area contributed by atoms with Crippen LogP contribution in [0.3, 0.4) is 0 Å². The van der Waals surface area contributed by atoms with Gasteiger partial charge < -0.3 is 4.90 Å². The van der Waals surface area contributed by atoms with Gasteiger partial charge in [0.2, 0.25) is 0 Å². The van der Waals surface area contributed by atoms with Crippen LogP contribution in [-0.4, -0.2) is 25.0 Å². The molecule has 0 radical (unpaired) electrons. The van der Waals surface area contributed by atoms with Crippen molar-refractivity contribution in [1.29, 1.82) is 0 Å². The molecule has 0 heterocycles. The van der Waals surface area contributed by atoms with Crippen LogP contribution in [0.15, 0.2) is 0 Å². The van der Waals surface area contributed by atoms with E-state index in [0.29, 0.717) is 0 Å². The molecule has 1 atom stereocenters. The van der Waals surface area contributed by atoms with E-state index in [-0.39, 0.29) is 0 Å². The Kier molecular flexibility index (Phi) is 15.8. The minimum atomic E-state index is 0.820. The first-order valence-corrected chi connectivity index (χ1v) is 10.2. The Morgan fingerprint density at radius 3 is 1.41 bits per heavy atom. The molecule has 0 saturated heterocycles. The monoisotopic (exact) mass is 311 g/mol. The average molecular weight is 312 g/mol. The van der Waals surface area contributed by atoms with E-state index < -0.39 is 0 Å². The van der Waals surface area contributed by atoms with Crippen molar-refractivity contribution in [2.24, 2.45) is 5.92 Å². The van der Waals surface area contributed by atoms with Crippen LogP contribution < -0.4 is 0 Å². The first-order valence-electron chi connectivity index (χ1n) is 10.2. The molecule has 0 N–H and O–H groups in total. The summed E-state index contributed by atoms with van der Waals surface area (Å²) in [6.45, 7) is 6.97. The highest BCUT2D eigenvalue weighted by Gasteiger charge is 2.10. The van der Waals surface area contributed by atoms with Crippen LogP contribution >= 0.6 is 0 Å². The minimum Gasteiger partial charge on any atom is -0.306 e. The summed E-state index contributed by atoms with van der Waals surface area (Å²) in [5.74, 6) is 0.881. The molecule has 0 aliphatic heterocycles. The third-order valence-corrected chi connectivity index (χ3v) is 4.94. The van der Waals surface area contributed by atoms with E-state index >= 15 is 0 Å². The smallest absolute Gasteiger partial charge is 0.00891 e. The van der Waals surface area contributed by atoms with E-state index in [0.717, 1.165) is 12.0 Å². The molecule has 0 fully saturated rings. The van der Waals surface area contributed by atoms with Crippen molar-refractivity contribution in [2.45, 2.75) is 117 Å². The Morgan fingerprint density at radius 1 is 0.591 bits per heavy atom. The Bertz CT molecular complexity index is 210. The molecule has 1 nitrogen and oxygen atoms in total. The number of unbranched alkanes of at least 4 members (excludes halogenated alkanes) is 9. The van der Waals surface area contributed by atoms with Gasteiger partial charge in [-0.25, -0.2) is 0 Å². The Morgan fingerprint density at radius 2 is 1.00 bits per heavy atom. The van der Waals surface area contributed by atoms with Crippen molar-refractivity contribution in [2.75, 3.05) is 14.1 Å². The fraction of sp³-hybridized carbons (Fsp3) is 1.00. The first kappa shape index (κ1) is 22.0. The molecule has 0 bridgehead atoms. The Labute approximate surface area is 142 Å². The van der Waals surface area contributed by atoms with E-state index in [1.165, 1.54) is 89.9 Å². The number of hydrogen-bond acceptors (Lipinski definition) is 1. The second-order valence-corrected chi connectivity index (χ2v) is 7.91. The van der Waals surface area contributed by atoms with Crippen molar-refractivity contribution in [3.8, 4) is 0 Å². The summed E-state index contributed by atoms with van der Waals surface area (Å²) in [5.41, 5.74) is 0. The van der Waals surface area contributed by atoms with Crippen LogP contribution in [-0.2, 0) is 0 Å². The molecule has 0 saturated carbocycles. The third-order valence-electron chi connectivity index (χ3n) is 4.94. The summed E-state index contributed by atoms with van der Waals surface area (Å²) in [4.78, 5) is 2.46. The van der Waals surface area contributed by atoms with Gasteiger partial charge in [-0.2, -0.15) is 0 Å². The van der Waals surface area contributed by atoms with E-state index in [2.05, 4.69) is 39.8 Å². The molecule has 0 aromatic heterocycles. The largest absolute Gasteiger partial charge is 0.306 e. The van der Waals surface area contributed by atoms with E-state index in [4.69, 9.17) is 0 Å². The van der Waals surface area contributed by atoms with E-state index in [1.54, 1.807) is 0 Å². The molecule has 0 aromatic carbocycles. The SMILES string of the molecule is CCCCCCCCCC(CCCCCCC(C)C)N(C)C. The van der Waals surface area contributed by atoms with Gasteiger partial charge in [0, 0.05) is 6.04 Å². The zero-order valence-corrected chi connectivity index (χ0v) is 16.5. The quantitative estimate of drug-likeness (QED) is 0.276. The van der Waals surface area contributed by atoms with Crippen molar-refractivity contribution >= 4 is 0 Å². The molecule has 22 heavy (non-hydrogen) atoms. The molecule has 0 aliphatic carbocycles. The fourth-order valence-electron chi connectivity index (χ4n) is 3.28. The van der Waals surface area contributed by atoms with Crippen molar-refractivity contribution in [1.82, 2.24) is 4.90 Å². The molecule has 0 spiro atoms. The van der Waals surface area contributed by atoms with Gasteiger partial charge in [0.25, 0.3) is 0 Å². The average Bonchev–Trinajstić information content (AvgIpc) is 2.46. The second-order valence-electron chi connectivity index (χ2n) is 7.91. The first-order chi connectivity index (χ1) is 10.6. The van der Waals surface area contributed by atoms with Gasteiger partial charge in [-0.3, -0.25) is 0 Å². The highest BCUT2D eigenvalue weighted by atomic mass is 15.1. The lowest BCUT2D eigenvalue weighted by atomic mass is 9.98. The van der Waals surface area contributed by atoms with Crippen LogP contribution in [0.4, 0.5) is 0 Å². The third kappa shape index (κ3) is 14.9. The van der Waals surface area contributed by atoms with Crippen LogP contribution in [0.5, 0.6) is 0 Å². The lowest BCUT2D eigenvalue weighted by Gasteiger charge is -2.24. The highest BCUT2D eigenvalue weighted by molar-refractivity contribution is 4.66. The van der Waals surface area contributed by atoms with Crippen LogP contribution in [0.25, 0.3) is 0 Å². The lowest BCUT2D eigenvalue weighted by Crippen LogP contribution is -2.27. The van der Waals surface area contributed by atoms with Crippen LogP contribution in [0.1, 0.15) is 111 Å². The van der Waals surface area contributed by atoms with Gasteiger partial charge in [-0.1, -0.05) is 97.8 Å². The summed E-state index contributed by atoms with van der Waals surface area (Å²) in [6.07, 6.45) is 20.0. The Balaban J connectivity index is 3.53. The normalized spacial score (nSPS) is 13.2. The standard InChI is InChI=1S/C21H45N/c1-6-7-8-9-10-11-15-18-21(22(4)5)19-16-13-12-14-17-20(2)3/h20-21H,6-19H2,1-5H3. The maximum atomic E-state index is 2.46. The molecule has 1 unspecified atom stereocenters. The molecule has 134 valence electrons.